The van der Waals surface area contributed by atoms with E-state index in [1.807, 2.05) is 0 Å². The second kappa shape index (κ2) is 4.64. The quantitative estimate of drug-likeness (QED) is 0.767. The van der Waals surface area contributed by atoms with Crippen molar-refractivity contribution in [1.82, 2.24) is 0 Å². The Hall–Kier alpha value is -0.730. The van der Waals surface area contributed by atoms with Crippen molar-refractivity contribution in [3.63, 3.8) is 0 Å². The van der Waals surface area contributed by atoms with Gasteiger partial charge in [0.1, 0.15) is 5.75 Å². The average Bonchev–Trinajstić information content (AvgIpc) is 2.13. The van der Waals surface area contributed by atoms with Crippen LogP contribution >= 0.6 is 23.2 Å². The van der Waals surface area contributed by atoms with Gasteiger partial charge in [0, 0.05) is 10.9 Å². The molecular weight excluding hydrogens is 247 g/mol. The highest BCUT2D eigenvalue weighted by Gasteiger charge is 2.29. The molecule has 0 amide bonds. The van der Waals surface area contributed by atoms with Gasteiger partial charge < -0.3 is 4.74 Å². The van der Waals surface area contributed by atoms with Crippen LogP contribution in [0, 0.1) is 5.92 Å². The first-order valence-corrected chi connectivity index (χ1v) is 5.96. The molecule has 1 aromatic carbocycles. The number of ether oxygens (including phenoxy) is 1. The predicted molar refractivity (Wildman–Crippen MR) is 64.7 cm³/mol. The number of ketones is 1. The molecule has 0 N–H and O–H groups in total. The number of carbonyl (C=O) groups excluding carboxylic acids is 1. The summed E-state index contributed by atoms with van der Waals surface area (Å²) in [7, 11) is 1.51. The zero-order valence-electron chi connectivity index (χ0n) is 8.93. The lowest BCUT2D eigenvalue weighted by Crippen LogP contribution is -2.22. The third-order valence-corrected chi connectivity index (χ3v) is 3.45. The summed E-state index contributed by atoms with van der Waals surface area (Å²) in [6.07, 6.45) is 3.02. The van der Waals surface area contributed by atoms with E-state index in [9.17, 15) is 4.79 Å². The lowest BCUT2D eigenvalue weighted by Gasteiger charge is -2.24. The summed E-state index contributed by atoms with van der Waals surface area (Å²) in [5, 5.41) is 0.853. The van der Waals surface area contributed by atoms with Crippen LogP contribution < -0.4 is 4.74 Å². The van der Waals surface area contributed by atoms with E-state index in [4.69, 9.17) is 27.9 Å². The van der Waals surface area contributed by atoms with Crippen molar-refractivity contribution in [2.24, 2.45) is 5.92 Å². The average molecular weight is 259 g/mol. The van der Waals surface area contributed by atoms with Crippen LogP contribution in [-0.4, -0.2) is 12.9 Å². The summed E-state index contributed by atoms with van der Waals surface area (Å²) in [5.41, 5.74) is 0.504. The topological polar surface area (TPSA) is 26.3 Å². The number of Topliss-reactive ketones (excluding diaryl/α,β-unsaturated/α-hetero) is 1. The summed E-state index contributed by atoms with van der Waals surface area (Å²) in [6.45, 7) is 0. The molecule has 2 rings (SSSR count). The predicted octanol–water partition coefficient (Wildman–Crippen LogP) is 3.98. The van der Waals surface area contributed by atoms with Crippen LogP contribution in [0.15, 0.2) is 12.1 Å². The number of hydrogen-bond donors (Lipinski definition) is 0. The fourth-order valence-electron chi connectivity index (χ4n) is 1.84. The lowest BCUT2D eigenvalue weighted by molar-refractivity contribution is 0.0852. The van der Waals surface area contributed by atoms with Crippen LogP contribution in [0.5, 0.6) is 5.75 Å². The Morgan fingerprint density at radius 2 is 2.06 bits per heavy atom. The Kier molecular flexibility index (Phi) is 3.41. The highest BCUT2D eigenvalue weighted by Crippen LogP contribution is 2.37. The molecule has 16 heavy (non-hydrogen) atoms. The van der Waals surface area contributed by atoms with Crippen molar-refractivity contribution in [3.8, 4) is 5.75 Å². The van der Waals surface area contributed by atoms with Gasteiger partial charge in [0.2, 0.25) is 0 Å². The fraction of sp³-hybridized carbons (Fsp3) is 0.417. The summed E-state index contributed by atoms with van der Waals surface area (Å²) in [5.74, 6) is 0.638. The lowest BCUT2D eigenvalue weighted by atomic mass is 9.80. The first kappa shape index (κ1) is 11.7. The maximum atomic E-state index is 12.1. The van der Waals surface area contributed by atoms with Crippen molar-refractivity contribution in [1.29, 1.82) is 0 Å². The summed E-state index contributed by atoms with van der Waals surface area (Å²) in [6, 6.07) is 3.21. The van der Waals surface area contributed by atoms with Gasteiger partial charge in [-0.05, 0) is 25.0 Å². The van der Waals surface area contributed by atoms with Crippen molar-refractivity contribution in [3.05, 3.63) is 27.7 Å². The minimum absolute atomic E-state index is 0.0903. The smallest absolute Gasteiger partial charge is 0.169 e. The van der Waals surface area contributed by atoms with Crippen molar-refractivity contribution in [2.75, 3.05) is 7.11 Å². The SMILES string of the molecule is COc1c(Cl)cc(Cl)cc1C(=O)C1CCC1. The molecule has 0 heterocycles. The Morgan fingerprint density at radius 3 is 2.56 bits per heavy atom. The Labute approximate surface area is 104 Å². The Bertz CT molecular complexity index is 425. The number of hydrogen-bond acceptors (Lipinski definition) is 2. The van der Waals surface area contributed by atoms with E-state index in [2.05, 4.69) is 0 Å². The molecule has 0 radical (unpaired) electrons. The second-order valence-electron chi connectivity index (χ2n) is 3.96. The molecular formula is C12H12Cl2O2. The van der Waals surface area contributed by atoms with E-state index >= 15 is 0 Å². The van der Waals surface area contributed by atoms with Crippen molar-refractivity contribution < 1.29 is 9.53 Å². The third kappa shape index (κ3) is 2.04. The zero-order valence-corrected chi connectivity index (χ0v) is 10.4. The number of halogens is 2. The fourth-order valence-corrected chi connectivity index (χ4v) is 2.41. The highest BCUT2D eigenvalue weighted by atomic mass is 35.5. The molecule has 1 aromatic rings. The van der Waals surface area contributed by atoms with Crippen LogP contribution in [0.25, 0.3) is 0 Å². The molecule has 0 saturated heterocycles. The van der Waals surface area contributed by atoms with Crippen LogP contribution in [0.1, 0.15) is 29.6 Å². The molecule has 0 aromatic heterocycles. The summed E-state index contributed by atoms with van der Waals surface area (Å²) >= 11 is 11.9. The van der Waals surface area contributed by atoms with Gasteiger partial charge >= 0.3 is 0 Å². The van der Waals surface area contributed by atoms with Gasteiger partial charge in [0.25, 0.3) is 0 Å². The van der Waals surface area contributed by atoms with Gasteiger partial charge in [-0.1, -0.05) is 29.6 Å². The molecule has 0 aliphatic heterocycles. The van der Waals surface area contributed by atoms with Crippen molar-refractivity contribution >= 4 is 29.0 Å². The van der Waals surface area contributed by atoms with Crippen molar-refractivity contribution in [2.45, 2.75) is 19.3 Å². The third-order valence-electron chi connectivity index (χ3n) is 2.95. The molecule has 2 nitrogen and oxygen atoms in total. The number of carbonyl (C=O) groups is 1. The molecule has 0 atom stereocenters. The van der Waals surface area contributed by atoms with Gasteiger partial charge in [-0.2, -0.15) is 0 Å². The minimum atomic E-state index is 0.0903. The summed E-state index contributed by atoms with van der Waals surface area (Å²) < 4.78 is 5.16. The Morgan fingerprint density at radius 1 is 1.38 bits per heavy atom. The number of rotatable bonds is 3. The maximum absolute atomic E-state index is 12.1. The second-order valence-corrected chi connectivity index (χ2v) is 4.80. The van der Waals surface area contributed by atoms with Gasteiger partial charge in [-0.25, -0.2) is 0 Å². The zero-order chi connectivity index (χ0) is 11.7. The first-order valence-electron chi connectivity index (χ1n) is 5.20. The highest BCUT2D eigenvalue weighted by molar-refractivity contribution is 6.36. The van der Waals surface area contributed by atoms with E-state index in [0.29, 0.717) is 21.4 Å². The van der Waals surface area contributed by atoms with Crippen LogP contribution in [0.3, 0.4) is 0 Å². The standard InChI is InChI=1S/C12H12Cl2O2/c1-16-12-9(5-8(13)6-10(12)14)11(15)7-3-2-4-7/h5-7H,2-4H2,1H3. The summed E-state index contributed by atoms with van der Waals surface area (Å²) in [4.78, 5) is 12.1. The molecule has 0 spiro atoms. The van der Waals surface area contributed by atoms with Gasteiger partial charge in [-0.3, -0.25) is 4.79 Å². The number of methoxy groups -OCH3 is 1. The van der Waals surface area contributed by atoms with E-state index in [0.717, 1.165) is 19.3 Å². The molecule has 1 saturated carbocycles. The van der Waals surface area contributed by atoms with E-state index < -0.39 is 0 Å². The van der Waals surface area contributed by atoms with E-state index in [1.165, 1.54) is 7.11 Å². The first-order chi connectivity index (χ1) is 7.63. The largest absolute Gasteiger partial charge is 0.494 e. The van der Waals surface area contributed by atoms with Crippen LogP contribution in [0.4, 0.5) is 0 Å². The maximum Gasteiger partial charge on any atom is 0.169 e. The monoisotopic (exact) mass is 258 g/mol. The van der Waals surface area contributed by atoms with Gasteiger partial charge in [0.15, 0.2) is 5.78 Å². The minimum Gasteiger partial charge on any atom is -0.494 e. The molecule has 0 bridgehead atoms. The molecule has 86 valence electrons. The molecule has 4 heteroatoms. The van der Waals surface area contributed by atoms with E-state index in [-0.39, 0.29) is 11.7 Å². The molecule has 0 unspecified atom stereocenters. The molecule has 1 fully saturated rings. The van der Waals surface area contributed by atoms with E-state index in [1.54, 1.807) is 12.1 Å². The van der Waals surface area contributed by atoms with Crippen LogP contribution in [0.2, 0.25) is 10.0 Å². The molecule has 1 aliphatic carbocycles. The molecule has 1 aliphatic rings. The number of benzene rings is 1. The van der Waals surface area contributed by atoms with Crippen LogP contribution in [-0.2, 0) is 0 Å². The van der Waals surface area contributed by atoms with Gasteiger partial charge in [0.05, 0.1) is 17.7 Å². The normalized spacial score (nSPS) is 15.7. The van der Waals surface area contributed by atoms with Gasteiger partial charge in [-0.15, -0.1) is 0 Å². The Balaban J connectivity index is 2.41.